The Morgan fingerprint density at radius 3 is 2.31 bits per heavy atom. The molecule has 3 heteroatoms. The molecule has 0 spiro atoms. The molecular formula is C26H26N2S. The summed E-state index contributed by atoms with van der Waals surface area (Å²) in [5.41, 5.74) is 5.77. The van der Waals surface area contributed by atoms with Gasteiger partial charge in [-0.05, 0) is 22.6 Å². The fourth-order valence-electron chi connectivity index (χ4n) is 3.61. The first-order valence-corrected chi connectivity index (χ1v) is 11.5. The van der Waals surface area contributed by atoms with Crippen molar-refractivity contribution in [2.24, 2.45) is 0 Å². The normalized spacial score (nSPS) is 17.9. The molecule has 0 bridgehead atoms. The molecular weight excluding hydrogens is 372 g/mol. The Hall–Kier alpha value is -2.91. The topological polar surface area (TPSA) is 16.1 Å². The minimum Gasteiger partial charge on any atom is -0.363 e. The number of hydrogen-bond acceptors (Lipinski definition) is 2. The predicted octanol–water partition coefficient (Wildman–Crippen LogP) is 5.90. The van der Waals surface area contributed by atoms with Crippen molar-refractivity contribution in [2.75, 3.05) is 5.75 Å². The van der Waals surface area contributed by atoms with Gasteiger partial charge in [-0.2, -0.15) is 10.5 Å². The maximum atomic E-state index is 4.71. The summed E-state index contributed by atoms with van der Waals surface area (Å²) in [6.45, 7) is 5.29. The largest absolute Gasteiger partial charge is 0.363 e. The van der Waals surface area contributed by atoms with Crippen molar-refractivity contribution in [3.8, 4) is 11.1 Å². The second-order valence-corrected chi connectivity index (χ2v) is 9.04. The molecule has 0 saturated heterocycles. The first kappa shape index (κ1) is 19.4. The lowest BCUT2D eigenvalue weighted by atomic mass is 10.1. The van der Waals surface area contributed by atoms with Crippen LogP contribution in [0.4, 0.5) is 0 Å². The van der Waals surface area contributed by atoms with Gasteiger partial charge in [0.25, 0.3) is 0 Å². The molecule has 0 N–H and O–H groups in total. The van der Waals surface area contributed by atoms with Gasteiger partial charge in [0.2, 0.25) is 0 Å². The van der Waals surface area contributed by atoms with Crippen LogP contribution < -0.4 is 0 Å². The van der Waals surface area contributed by atoms with Crippen LogP contribution in [-0.2, 0) is 13.0 Å². The molecule has 2 nitrogen and oxygen atoms in total. The number of allylic oxidation sites excluding steroid dienone is 1. The maximum Gasteiger partial charge on any atom is 0.0570 e. The predicted molar refractivity (Wildman–Crippen MR) is 127 cm³/mol. The fraction of sp³-hybridized carbons (Fsp3) is 0.154. The Balaban J connectivity index is 1.50. The molecule has 1 aliphatic heterocycles. The Kier molecular flexibility index (Phi) is 6.06. The molecule has 146 valence electrons. The first-order chi connectivity index (χ1) is 14.2. The molecule has 0 fully saturated rings. The molecule has 1 aliphatic rings. The van der Waals surface area contributed by atoms with E-state index in [2.05, 4.69) is 95.6 Å². The summed E-state index contributed by atoms with van der Waals surface area (Å²) in [6, 6.07) is 25.6. The van der Waals surface area contributed by atoms with E-state index in [1.807, 2.05) is 12.3 Å². The Bertz CT molecular complexity index is 1010. The Morgan fingerprint density at radius 1 is 0.966 bits per heavy atom. The molecule has 4 rings (SSSR count). The van der Waals surface area contributed by atoms with Crippen molar-refractivity contribution < 1.29 is 0 Å². The summed E-state index contributed by atoms with van der Waals surface area (Å²) in [4.78, 5) is 7.12. The van der Waals surface area contributed by atoms with Gasteiger partial charge in [0.15, 0.2) is 0 Å². The van der Waals surface area contributed by atoms with Crippen LogP contribution in [0.25, 0.3) is 11.1 Å². The molecule has 0 aliphatic carbocycles. The average Bonchev–Trinajstić information content (AvgIpc) is 3.20. The highest BCUT2D eigenvalue weighted by molar-refractivity contribution is 8.16. The summed E-state index contributed by atoms with van der Waals surface area (Å²) >= 11 is 0. The minimum atomic E-state index is 0.102. The van der Waals surface area contributed by atoms with Crippen molar-refractivity contribution in [1.82, 2.24) is 9.88 Å². The van der Waals surface area contributed by atoms with Crippen molar-refractivity contribution >= 4 is 16.4 Å². The van der Waals surface area contributed by atoms with Crippen LogP contribution in [0.1, 0.15) is 11.3 Å². The van der Waals surface area contributed by atoms with Crippen molar-refractivity contribution in [3.63, 3.8) is 0 Å². The van der Waals surface area contributed by atoms with Crippen LogP contribution in [0.2, 0.25) is 0 Å². The summed E-state index contributed by atoms with van der Waals surface area (Å²) in [7, 11) is 0.102. The van der Waals surface area contributed by atoms with Crippen LogP contribution >= 0.6 is 10.5 Å². The molecule has 0 radical (unpaired) electrons. The molecule has 3 aromatic rings. The van der Waals surface area contributed by atoms with E-state index in [1.165, 1.54) is 11.1 Å². The number of hydrogen-bond donors (Lipinski definition) is 0. The van der Waals surface area contributed by atoms with Crippen molar-refractivity contribution in [3.05, 3.63) is 114 Å². The zero-order valence-corrected chi connectivity index (χ0v) is 17.4. The van der Waals surface area contributed by atoms with Crippen LogP contribution in [-0.4, -0.2) is 27.5 Å². The second-order valence-electron chi connectivity index (χ2n) is 7.36. The Labute approximate surface area is 176 Å². The maximum absolute atomic E-state index is 4.71. The summed E-state index contributed by atoms with van der Waals surface area (Å²) in [5, 5.41) is 2.24. The van der Waals surface area contributed by atoms with Gasteiger partial charge < -0.3 is 4.90 Å². The number of nitrogens with zero attached hydrogens (tertiary/aromatic N) is 2. The van der Waals surface area contributed by atoms with E-state index in [4.69, 9.17) is 4.98 Å². The van der Waals surface area contributed by atoms with E-state index in [1.54, 1.807) is 0 Å². The lowest BCUT2D eigenvalue weighted by molar-refractivity contribution is 0.298. The van der Waals surface area contributed by atoms with Crippen molar-refractivity contribution in [1.29, 1.82) is 0 Å². The third kappa shape index (κ3) is 4.93. The van der Waals surface area contributed by atoms with Crippen LogP contribution in [0.3, 0.4) is 0 Å². The Morgan fingerprint density at radius 2 is 1.69 bits per heavy atom. The quantitative estimate of drug-likeness (QED) is 0.460. The fourth-order valence-corrected chi connectivity index (χ4v) is 4.86. The summed E-state index contributed by atoms with van der Waals surface area (Å²) in [5.74, 6) is 5.29. The highest BCUT2D eigenvalue weighted by Gasteiger charge is 2.22. The zero-order valence-electron chi connectivity index (χ0n) is 16.6. The highest BCUT2D eigenvalue weighted by Crippen LogP contribution is 2.29. The van der Waals surface area contributed by atoms with Gasteiger partial charge in [0, 0.05) is 41.9 Å². The van der Waals surface area contributed by atoms with E-state index >= 15 is 0 Å². The van der Waals surface area contributed by atoms with E-state index in [0.717, 1.165) is 35.7 Å². The third-order valence-electron chi connectivity index (χ3n) is 5.20. The van der Waals surface area contributed by atoms with Crippen LogP contribution in [0.5, 0.6) is 0 Å². The molecule has 2 aromatic carbocycles. The summed E-state index contributed by atoms with van der Waals surface area (Å²) in [6.07, 6.45) is 5.00. The van der Waals surface area contributed by atoms with Gasteiger partial charge in [0.05, 0.1) is 6.04 Å². The molecule has 29 heavy (non-hydrogen) atoms. The standard InChI is InChI=1S/C26H26N2S/c1-21(17-25-14-13-24(18-27-25)23-11-7-4-8-12-23)28(26-15-16-29(2)20-26)19-22-9-5-3-6-10-22/h3-16,18,26H,1-2,17,19-20H2. The minimum absolute atomic E-state index is 0.102. The van der Waals surface area contributed by atoms with E-state index in [-0.39, 0.29) is 10.5 Å². The van der Waals surface area contributed by atoms with E-state index in [9.17, 15) is 0 Å². The monoisotopic (exact) mass is 398 g/mol. The lowest BCUT2D eigenvalue weighted by Gasteiger charge is -2.32. The van der Waals surface area contributed by atoms with Gasteiger partial charge in [-0.15, -0.1) is 0 Å². The van der Waals surface area contributed by atoms with E-state index in [0.29, 0.717) is 6.04 Å². The number of benzene rings is 2. The molecule has 0 amide bonds. The number of aromatic nitrogens is 1. The second kappa shape index (κ2) is 9.06. The molecule has 1 aromatic heterocycles. The zero-order chi connectivity index (χ0) is 20.1. The average molecular weight is 399 g/mol. The lowest BCUT2D eigenvalue weighted by Crippen LogP contribution is -2.34. The smallest absolute Gasteiger partial charge is 0.0570 e. The van der Waals surface area contributed by atoms with Gasteiger partial charge in [-0.3, -0.25) is 4.98 Å². The molecule has 0 saturated carbocycles. The summed E-state index contributed by atoms with van der Waals surface area (Å²) < 4.78 is 0. The van der Waals surface area contributed by atoms with E-state index < -0.39 is 0 Å². The SMILES string of the molecule is C=C(Cc1ccc(-c2ccccc2)cn1)N(Cc1ccccc1)C1C=CS(=C)C1. The number of pyridine rings is 1. The van der Waals surface area contributed by atoms with Gasteiger partial charge in [0.1, 0.15) is 0 Å². The van der Waals surface area contributed by atoms with Crippen LogP contribution in [0.15, 0.2) is 103 Å². The third-order valence-corrected chi connectivity index (χ3v) is 6.51. The van der Waals surface area contributed by atoms with Crippen LogP contribution in [0, 0.1) is 0 Å². The molecule has 2 unspecified atom stereocenters. The molecule has 2 atom stereocenters. The van der Waals surface area contributed by atoms with Crippen molar-refractivity contribution in [2.45, 2.75) is 19.0 Å². The highest BCUT2D eigenvalue weighted by atomic mass is 32.2. The number of rotatable bonds is 7. The molecule has 2 heterocycles. The van der Waals surface area contributed by atoms with Gasteiger partial charge >= 0.3 is 0 Å². The van der Waals surface area contributed by atoms with Gasteiger partial charge in [-0.25, -0.2) is 0 Å². The first-order valence-electron chi connectivity index (χ1n) is 9.85. The van der Waals surface area contributed by atoms with Gasteiger partial charge in [-0.1, -0.05) is 85.3 Å².